The lowest BCUT2D eigenvalue weighted by atomic mass is 10.2. The molecule has 0 bridgehead atoms. The molecule has 0 radical (unpaired) electrons. The molecule has 11 heteroatoms. The molecule has 0 aliphatic carbocycles. The van der Waals surface area contributed by atoms with Crippen molar-refractivity contribution in [1.29, 1.82) is 0 Å². The summed E-state index contributed by atoms with van der Waals surface area (Å²) in [7, 11) is -6.05. The smallest absolute Gasteiger partial charge is 0.255 e. The van der Waals surface area contributed by atoms with E-state index in [9.17, 15) is 21.6 Å². The molecule has 0 spiro atoms. The molecule has 164 valence electrons. The minimum absolute atomic E-state index is 0.0123. The number of rotatable bonds is 8. The highest BCUT2D eigenvalue weighted by atomic mass is 35.5. The number of sulfonamides is 1. The highest BCUT2D eigenvalue weighted by Gasteiger charge is 2.27. The van der Waals surface area contributed by atoms with Crippen LogP contribution in [-0.2, 0) is 19.9 Å². The molecule has 0 aliphatic rings. The van der Waals surface area contributed by atoms with Gasteiger partial charge in [0.25, 0.3) is 5.91 Å². The molecule has 0 aromatic heterocycles. The van der Waals surface area contributed by atoms with E-state index >= 15 is 0 Å². The standard InChI is InChI=1S/C19H23ClN2O6S2/c1-5-22(6-2)30(26,27)18-11-13(7-10-17(18)28-3)19(23)21-16-12-14(29(4,24)25)8-9-15(16)20/h7-12H,5-6H2,1-4H3,(H,21,23). The van der Waals surface area contributed by atoms with E-state index in [1.807, 2.05) is 0 Å². The first kappa shape index (κ1) is 24.1. The number of anilines is 1. The van der Waals surface area contributed by atoms with Crippen LogP contribution in [0.2, 0.25) is 5.02 Å². The molecule has 0 fully saturated rings. The fraction of sp³-hybridized carbons (Fsp3) is 0.316. The van der Waals surface area contributed by atoms with Gasteiger partial charge in [0.2, 0.25) is 10.0 Å². The number of ether oxygens (including phenoxy) is 1. The molecular weight excluding hydrogens is 452 g/mol. The number of nitrogens with zero attached hydrogens (tertiary/aromatic N) is 1. The number of hydrogen-bond acceptors (Lipinski definition) is 6. The zero-order valence-electron chi connectivity index (χ0n) is 17.0. The molecule has 0 aliphatic heterocycles. The molecule has 2 rings (SSSR count). The van der Waals surface area contributed by atoms with Crippen molar-refractivity contribution in [1.82, 2.24) is 4.31 Å². The molecule has 0 saturated carbocycles. The maximum Gasteiger partial charge on any atom is 0.255 e. The van der Waals surface area contributed by atoms with Gasteiger partial charge in [-0.3, -0.25) is 4.79 Å². The zero-order chi connectivity index (χ0) is 22.7. The van der Waals surface area contributed by atoms with Gasteiger partial charge >= 0.3 is 0 Å². The summed E-state index contributed by atoms with van der Waals surface area (Å²) in [5.74, 6) is -0.545. The summed E-state index contributed by atoms with van der Waals surface area (Å²) in [6.45, 7) is 3.93. The SMILES string of the molecule is CCN(CC)S(=O)(=O)c1cc(C(=O)Nc2cc(S(C)(=O)=O)ccc2Cl)ccc1OC. The molecule has 0 atom stereocenters. The summed E-state index contributed by atoms with van der Waals surface area (Å²) < 4.78 is 55.8. The number of amides is 1. The van der Waals surface area contributed by atoms with E-state index in [1.165, 1.54) is 47.8 Å². The van der Waals surface area contributed by atoms with Crippen molar-refractivity contribution in [2.24, 2.45) is 0 Å². The molecule has 2 aromatic carbocycles. The van der Waals surface area contributed by atoms with E-state index in [2.05, 4.69) is 5.32 Å². The van der Waals surface area contributed by atoms with Crippen molar-refractivity contribution in [3.8, 4) is 5.75 Å². The van der Waals surface area contributed by atoms with Crippen LogP contribution in [0.25, 0.3) is 0 Å². The first-order valence-corrected chi connectivity index (χ1v) is 12.7. The van der Waals surface area contributed by atoms with E-state index in [-0.39, 0.29) is 44.9 Å². The third-order valence-electron chi connectivity index (χ3n) is 4.36. The Morgan fingerprint density at radius 2 is 1.70 bits per heavy atom. The largest absolute Gasteiger partial charge is 0.495 e. The van der Waals surface area contributed by atoms with Gasteiger partial charge in [-0.15, -0.1) is 0 Å². The summed E-state index contributed by atoms with van der Waals surface area (Å²) in [4.78, 5) is 12.6. The van der Waals surface area contributed by atoms with Crippen LogP contribution in [0.5, 0.6) is 5.75 Å². The summed E-state index contributed by atoms with van der Waals surface area (Å²) >= 11 is 6.08. The normalized spacial score (nSPS) is 12.1. The molecule has 2 aromatic rings. The zero-order valence-corrected chi connectivity index (χ0v) is 19.4. The van der Waals surface area contributed by atoms with Gasteiger partial charge in [0.05, 0.1) is 22.7 Å². The maximum absolute atomic E-state index is 12.9. The molecule has 0 unspecified atom stereocenters. The van der Waals surface area contributed by atoms with E-state index in [1.54, 1.807) is 13.8 Å². The van der Waals surface area contributed by atoms with Gasteiger partial charge in [-0.2, -0.15) is 4.31 Å². The van der Waals surface area contributed by atoms with Gasteiger partial charge < -0.3 is 10.1 Å². The second-order valence-electron chi connectivity index (χ2n) is 6.32. The average Bonchev–Trinajstić information content (AvgIpc) is 2.68. The van der Waals surface area contributed by atoms with Crippen molar-refractivity contribution in [3.63, 3.8) is 0 Å². The maximum atomic E-state index is 12.9. The van der Waals surface area contributed by atoms with Crippen LogP contribution in [0.1, 0.15) is 24.2 Å². The Balaban J connectivity index is 2.48. The second kappa shape index (κ2) is 9.34. The molecular formula is C19H23ClN2O6S2. The Hall–Kier alpha value is -2.14. The Morgan fingerprint density at radius 3 is 2.23 bits per heavy atom. The Kier molecular flexibility index (Phi) is 7.51. The third kappa shape index (κ3) is 5.12. The lowest BCUT2D eigenvalue weighted by molar-refractivity contribution is 0.102. The van der Waals surface area contributed by atoms with Gasteiger partial charge in [-0.05, 0) is 36.4 Å². The van der Waals surface area contributed by atoms with Crippen LogP contribution in [0.15, 0.2) is 46.2 Å². The van der Waals surface area contributed by atoms with Crippen molar-refractivity contribution >= 4 is 43.1 Å². The highest BCUT2D eigenvalue weighted by molar-refractivity contribution is 7.90. The number of nitrogens with one attached hydrogen (secondary N) is 1. The first-order chi connectivity index (χ1) is 13.9. The number of sulfone groups is 1. The Labute approximate surface area is 181 Å². The number of carbonyl (C=O) groups excluding carboxylic acids is 1. The summed E-state index contributed by atoms with van der Waals surface area (Å²) in [6, 6.07) is 7.94. The fourth-order valence-corrected chi connectivity index (χ4v) is 5.20. The number of benzene rings is 2. The van der Waals surface area contributed by atoms with Crippen LogP contribution in [0.4, 0.5) is 5.69 Å². The Bertz CT molecular complexity index is 1160. The van der Waals surface area contributed by atoms with E-state index in [0.717, 1.165) is 6.26 Å². The number of halogens is 1. The summed E-state index contributed by atoms with van der Waals surface area (Å²) in [5, 5.41) is 2.67. The van der Waals surface area contributed by atoms with Crippen LogP contribution in [0.3, 0.4) is 0 Å². The van der Waals surface area contributed by atoms with Crippen molar-refractivity contribution in [2.75, 3.05) is 31.8 Å². The predicted molar refractivity (Wildman–Crippen MR) is 116 cm³/mol. The van der Waals surface area contributed by atoms with Crippen LogP contribution in [-0.4, -0.2) is 53.5 Å². The van der Waals surface area contributed by atoms with E-state index in [0.29, 0.717) is 0 Å². The highest BCUT2D eigenvalue weighted by Crippen LogP contribution is 2.29. The Morgan fingerprint density at radius 1 is 1.07 bits per heavy atom. The topological polar surface area (TPSA) is 110 Å². The van der Waals surface area contributed by atoms with E-state index < -0.39 is 25.8 Å². The second-order valence-corrected chi connectivity index (χ2v) is 10.7. The number of carbonyl (C=O) groups is 1. The molecule has 1 N–H and O–H groups in total. The van der Waals surface area contributed by atoms with Crippen LogP contribution in [0, 0.1) is 0 Å². The molecule has 0 heterocycles. The van der Waals surface area contributed by atoms with Crippen LogP contribution < -0.4 is 10.1 Å². The number of methoxy groups -OCH3 is 1. The molecule has 8 nitrogen and oxygen atoms in total. The quantitative estimate of drug-likeness (QED) is 0.629. The van der Waals surface area contributed by atoms with Gasteiger partial charge in [0, 0.05) is 24.9 Å². The van der Waals surface area contributed by atoms with Crippen molar-refractivity contribution < 1.29 is 26.4 Å². The van der Waals surface area contributed by atoms with Crippen molar-refractivity contribution in [2.45, 2.75) is 23.6 Å². The van der Waals surface area contributed by atoms with Gasteiger partial charge in [0.1, 0.15) is 10.6 Å². The lowest BCUT2D eigenvalue weighted by Crippen LogP contribution is -2.31. The van der Waals surface area contributed by atoms with Gasteiger partial charge in [-0.25, -0.2) is 16.8 Å². The number of hydrogen-bond donors (Lipinski definition) is 1. The van der Waals surface area contributed by atoms with Crippen LogP contribution >= 0.6 is 11.6 Å². The molecule has 30 heavy (non-hydrogen) atoms. The molecule has 1 amide bonds. The summed E-state index contributed by atoms with van der Waals surface area (Å²) in [5.41, 5.74) is 0.135. The minimum Gasteiger partial charge on any atom is -0.495 e. The van der Waals surface area contributed by atoms with Gasteiger partial charge in [0.15, 0.2) is 9.84 Å². The average molecular weight is 475 g/mol. The van der Waals surface area contributed by atoms with E-state index in [4.69, 9.17) is 16.3 Å². The monoisotopic (exact) mass is 474 g/mol. The van der Waals surface area contributed by atoms with Gasteiger partial charge in [-0.1, -0.05) is 25.4 Å². The lowest BCUT2D eigenvalue weighted by Gasteiger charge is -2.20. The fourth-order valence-electron chi connectivity index (χ4n) is 2.75. The third-order valence-corrected chi connectivity index (χ3v) is 7.87. The summed E-state index contributed by atoms with van der Waals surface area (Å²) in [6.07, 6.45) is 1.04. The molecule has 0 saturated heterocycles. The first-order valence-electron chi connectivity index (χ1n) is 8.94. The predicted octanol–water partition coefficient (Wildman–Crippen LogP) is 3.03. The van der Waals surface area contributed by atoms with Crippen molar-refractivity contribution in [3.05, 3.63) is 47.0 Å². The minimum atomic E-state index is -3.88.